The lowest BCUT2D eigenvalue weighted by Gasteiger charge is -2.37. The van der Waals surface area contributed by atoms with Crippen molar-refractivity contribution in [3.8, 4) is 16.9 Å². The first kappa shape index (κ1) is 52.4. The molecule has 3 saturated heterocycles. The van der Waals surface area contributed by atoms with Crippen LogP contribution < -0.4 is 15.4 Å². The normalized spacial score (nSPS) is 19.5. The molecular weight excluding hydrogens is 984 g/mol. The molecule has 5 aromatic rings. The number of allylic oxidation sites excluding steroid dienone is 2. The van der Waals surface area contributed by atoms with Gasteiger partial charge in [-0.2, -0.15) is 0 Å². The fourth-order valence-corrected chi connectivity index (χ4v) is 12.2. The second-order valence-electron chi connectivity index (χ2n) is 20.2. The summed E-state index contributed by atoms with van der Waals surface area (Å²) in [6.07, 6.45) is 6.76. The first-order valence-electron chi connectivity index (χ1n) is 25.6. The Morgan fingerprint density at radius 3 is 2.45 bits per heavy atom. The van der Waals surface area contributed by atoms with Crippen LogP contribution in [-0.2, 0) is 25.7 Å². The van der Waals surface area contributed by atoms with Gasteiger partial charge in [0.1, 0.15) is 17.4 Å². The number of piperidine rings is 2. The Morgan fingerprint density at radius 1 is 0.932 bits per heavy atom. The summed E-state index contributed by atoms with van der Waals surface area (Å²) in [6.45, 7) is 11.2. The number of methoxy groups -OCH3 is 1. The highest BCUT2D eigenvalue weighted by atomic mass is 35.5. The first-order chi connectivity index (χ1) is 35.2. The lowest BCUT2D eigenvalue weighted by Crippen LogP contribution is -2.51. The minimum Gasteiger partial charge on any atom is -0.496 e. The van der Waals surface area contributed by atoms with E-state index in [1.807, 2.05) is 34.9 Å². The predicted octanol–water partition coefficient (Wildman–Crippen LogP) is 9.63. The number of imide groups is 1. The van der Waals surface area contributed by atoms with Crippen molar-refractivity contribution in [3.05, 3.63) is 109 Å². The molecule has 2 aromatic heterocycles. The topological polar surface area (TPSA) is 150 Å². The molecule has 4 aliphatic rings. The summed E-state index contributed by atoms with van der Waals surface area (Å²) in [7, 11) is 5.83. The molecule has 9 rings (SSSR count). The summed E-state index contributed by atoms with van der Waals surface area (Å²) in [5.74, 6) is 1.44. The van der Waals surface area contributed by atoms with E-state index in [4.69, 9.17) is 42.6 Å². The number of amides is 4. The summed E-state index contributed by atoms with van der Waals surface area (Å²) in [6, 6.07) is 17.5. The number of aromatic nitrogens is 2. The highest BCUT2D eigenvalue weighted by molar-refractivity contribution is 7.10. The van der Waals surface area contributed by atoms with Crippen LogP contribution in [0.3, 0.4) is 0 Å². The largest absolute Gasteiger partial charge is 0.496 e. The van der Waals surface area contributed by atoms with Crippen LogP contribution in [0.2, 0.25) is 10.0 Å². The third-order valence-electron chi connectivity index (χ3n) is 14.9. The van der Waals surface area contributed by atoms with Crippen LogP contribution in [-0.4, -0.2) is 133 Å². The van der Waals surface area contributed by atoms with Crippen LogP contribution in [0, 0.1) is 18.8 Å². The standard InChI is InChI=1S/C56H66Cl2N8O6S/c1-34(50-28-41(33-73-50)52-40(31-63(3)4)7-6-8-47(52)58)59-53-45-29-43(49(71-5)30-48(45)60-35(2)61-53)37-9-11-38(12-10-37)55(69)66-23-21-64(22-24-66)25-26-72-32-36-17-19-65(20-18-36)56(70)39-13-15-46(57)44(27-39)42-14-16-51(67)62-54(42)68/h6-9,13,15,27-30,33-34,36,38,42H,10-12,14,16-26,31-32H2,1-5H3,(H,59,60,61)(H,62,67,68)/t34-,38?,42?/m1/s1. The van der Waals surface area contributed by atoms with Crippen molar-refractivity contribution < 1.29 is 28.7 Å². The van der Waals surface area contributed by atoms with E-state index in [0.717, 1.165) is 96.0 Å². The number of carbonyl (C=O) groups excluding carboxylic acids is 4. The minimum absolute atomic E-state index is 0.0337. The fourth-order valence-electron chi connectivity index (χ4n) is 10.8. The van der Waals surface area contributed by atoms with Gasteiger partial charge in [-0.1, -0.05) is 41.4 Å². The number of ether oxygens (including phenoxy) is 2. The van der Waals surface area contributed by atoms with E-state index in [9.17, 15) is 19.2 Å². The number of anilines is 1. The zero-order valence-electron chi connectivity index (χ0n) is 42.5. The Bertz CT molecular complexity index is 2890. The molecule has 1 aliphatic carbocycles. The summed E-state index contributed by atoms with van der Waals surface area (Å²) < 4.78 is 12.1. The number of halogens is 2. The maximum absolute atomic E-state index is 13.9. The Morgan fingerprint density at radius 2 is 1.73 bits per heavy atom. The van der Waals surface area contributed by atoms with E-state index in [1.54, 1.807) is 36.6 Å². The molecule has 0 saturated carbocycles. The van der Waals surface area contributed by atoms with Gasteiger partial charge in [-0.25, -0.2) is 9.97 Å². The SMILES string of the molecule is COc1cc2nc(C)nc(N[C@H](C)c3cc(-c4c(Cl)cccc4CN(C)C)cs3)c2cc1C1=CCC(C(=O)N2CCN(CCOCC3CCN(C(=O)c4ccc(Cl)c(C5CCC(=O)NC5=O)c4)CC3)CC2)CC1. The lowest BCUT2D eigenvalue weighted by atomic mass is 9.85. The Labute approximate surface area is 442 Å². The van der Waals surface area contributed by atoms with Crippen LogP contribution in [0.1, 0.15) is 102 Å². The van der Waals surface area contributed by atoms with Crippen molar-refractivity contribution in [1.29, 1.82) is 0 Å². The zero-order valence-corrected chi connectivity index (χ0v) is 44.8. The number of carbonyl (C=O) groups is 4. The van der Waals surface area contributed by atoms with Gasteiger partial charge in [0.15, 0.2) is 0 Å². The number of likely N-dealkylation sites (tertiary alicyclic amines) is 1. The van der Waals surface area contributed by atoms with Crippen molar-refractivity contribution in [1.82, 2.24) is 34.9 Å². The fraction of sp³-hybridized carbons (Fsp3) is 0.464. The van der Waals surface area contributed by atoms with Gasteiger partial charge in [0.2, 0.25) is 17.7 Å². The summed E-state index contributed by atoms with van der Waals surface area (Å²) in [5.41, 5.74) is 7.43. The first-order valence-corrected chi connectivity index (χ1v) is 27.2. The van der Waals surface area contributed by atoms with E-state index in [-0.39, 0.29) is 42.0 Å². The van der Waals surface area contributed by atoms with Crippen molar-refractivity contribution in [2.45, 2.75) is 77.3 Å². The molecule has 3 aliphatic heterocycles. The molecule has 3 aromatic carbocycles. The minimum atomic E-state index is -0.553. The number of nitrogens with zero attached hydrogens (tertiary/aromatic N) is 6. The number of nitrogens with one attached hydrogen (secondary N) is 2. The van der Waals surface area contributed by atoms with Crippen molar-refractivity contribution in [2.24, 2.45) is 11.8 Å². The van der Waals surface area contributed by atoms with Crippen LogP contribution in [0.25, 0.3) is 27.6 Å². The zero-order chi connectivity index (χ0) is 51.3. The number of aryl methyl sites for hydroxylation is 1. The maximum Gasteiger partial charge on any atom is 0.253 e. The molecule has 5 heterocycles. The van der Waals surface area contributed by atoms with Gasteiger partial charge in [0, 0.05) is 114 Å². The van der Waals surface area contributed by atoms with Gasteiger partial charge in [-0.05, 0) is 136 Å². The van der Waals surface area contributed by atoms with Crippen molar-refractivity contribution >= 4 is 80.5 Å². The van der Waals surface area contributed by atoms with Gasteiger partial charge in [0.25, 0.3) is 5.91 Å². The van der Waals surface area contributed by atoms with E-state index in [2.05, 4.69) is 71.1 Å². The Kier molecular flexibility index (Phi) is 16.8. The molecule has 4 amide bonds. The molecular formula is C56H66Cl2N8O6S. The molecule has 14 nitrogen and oxygen atoms in total. The van der Waals surface area contributed by atoms with Crippen molar-refractivity contribution in [3.63, 3.8) is 0 Å². The van der Waals surface area contributed by atoms with Crippen LogP contribution in [0.4, 0.5) is 5.82 Å². The van der Waals surface area contributed by atoms with E-state index >= 15 is 0 Å². The van der Waals surface area contributed by atoms with Crippen molar-refractivity contribution in [2.75, 3.05) is 85.5 Å². The number of benzene rings is 3. The van der Waals surface area contributed by atoms with Crippen LogP contribution in [0.15, 0.2) is 66.1 Å². The van der Waals surface area contributed by atoms with Gasteiger partial charge < -0.3 is 29.5 Å². The molecule has 73 heavy (non-hydrogen) atoms. The van der Waals surface area contributed by atoms with Gasteiger partial charge in [0.05, 0.1) is 31.2 Å². The molecule has 3 atom stereocenters. The molecule has 386 valence electrons. The van der Waals surface area contributed by atoms with E-state index < -0.39 is 5.92 Å². The van der Waals surface area contributed by atoms with Crippen LogP contribution >= 0.6 is 34.5 Å². The van der Waals surface area contributed by atoms with Gasteiger partial charge in [-0.15, -0.1) is 11.3 Å². The third-order valence-corrected chi connectivity index (χ3v) is 16.6. The third kappa shape index (κ3) is 12.2. The Hall–Kier alpha value is -5.42. The molecule has 3 fully saturated rings. The van der Waals surface area contributed by atoms with E-state index in [0.29, 0.717) is 80.1 Å². The summed E-state index contributed by atoms with van der Waals surface area (Å²) >= 11 is 14.9. The monoisotopic (exact) mass is 1050 g/mol. The van der Waals surface area contributed by atoms with Crippen LogP contribution in [0.5, 0.6) is 5.75 Å². The van der Waals surface area contributed by atoms with Gasteiger partial charge in [-0.3, -0.25) is 29.4 Å². The molecule has 2 N–H and O–H groups in total. The highest BCUT2D eigenvalue weighted by Gasteiger charge is 2.33. The second kappa shape index (κ2) is 23.4. The molecule has 2 unspecified atom stereocenters. The average molecular weight is 1050 g/mol. The number of thiophene rings is 1. The smallest absolute Gasteiger partial charge is 0.253 e. The maximum atomic E-state index is 13.9. The number of rotatable bonds is 16. The number of piperazine rings is 1. The molecule has 0 radical (unpaired) electrons. The van der Waals surface area contributed by atoms with Gasteiger partial charge >= 0.3 is 0 Å². The van der Waals surface area contributed by atoms with E-state index in [1.165, 1.54) is 16.0 Å². The Balaban J connectivity index is 0.734. The average Bonchev–Trinajstić information content (AvgIpc) is 3.88. The number of hydrogen-bond acceptors (Lipinski definition) is 12. The quantitative estimate of drug-likeness (QED) is 0.0719. The molecule has 0 bridgehead atoms. The number of fused-ring (bicyclic) bond motifs is 1. The highest BCUT2D eigenvalue weighted by Crippen LogP contribution is 2.41. The number of hydrogen-bond donors (Lipinski definition) is 2. The summed E-state index contributed by atoms with van der Waals surface area (Å²) in [5, 5.41) is 10.4. The lowest BCUT2D eigenvalue weighted by molar-refractivity contribution is -0.138. The molecule has 0 spiro atoms. The second-order valence-corrected chi connectivity index (χ2v) is 22.0. The predicted molar refractivity (Wildman–Crippen MR) is 289 cm³/mol. The summed E-state index contributed by atoms with van der Waals surface area (Å²) in [4.78, 5) is 70.9. The molecule has 17 heteroatoms.